The minimum absolute atomic E-state index is 0.538. The maximum atomic E-state index is 6.81. The summed E-state index contributed by atoms with van der Waals surface area (Å²) in [5.74, 6) is 0. The Hall–Kier alpha value is -8.46. The van der Waals surface area contributed by atoms with Gasteiger partial charge in [0.15, 0.2) is 5.58 Å². The van der Waals surface area contributed by atoms with Gasteiger partial charge in [-0.25, -0.2) is 0 Å². The van der Waals surface area contributed by atoms with E-state index in [0.717, 1.165) is 44.6 Å². The molecule has 2 heteroatoms. The average molecular weight is 828 g/mol. The number of furan rings is 1. The van der Waals surface area contributed by atoms with E-state index in [1.807, 2.05) is 6.07 Å². The van der Waals surface area contributed by atoms with Gasteiger partial charge in [0.2, 0.25) is 0 Å². The standard InChI is InChI=1S/C63H41NO/c1-3-20-46(21-4-1)63(47-22-5-2-6-23-47)58-30-13-11-26-53(58)54-38-37-49(41-59(54)63)64(60-31-16-29-56-55-27-12-14-32-61(55)65-62(56)60)48-35-33-42(34-36-48)45-39-44-18-8-10-25-51(44)57(40-45)52-28-15-19-43-17-7-9-24-50(43)52/h1-41H. The Morgan fingerprint density at radius 1 is 0.323 bits per heavy atom. The van der Waals surface area contributed by atoms with Gasteiger partial charge in [-0.15, -0.1) is 0 Å². The van der Waals surface area contributed by atoms with E-state index in [2.05, 4.69) is 248 Å². The first kappa shape index (κ1) is 37.1. The minimum atomic E-state index is -0.538. The van der Waals surface area contributed by atoms with Crippen LogP contribution in [0.15, 0.2) is 253 Å². The molecule has 0 aliphatic heterocycles. The van der Waals surface area contributed by atoms with Gasteiger partial charge in [0.25, 0.3) is 0 Å². The molecule has 0 atom stereocenters. The number of hydrogen-bond donors (Lipinski definition) is 0. The molecule has 12 aromatic rings. The number of para-hydroxylation sites is 2. The predicted molar refractivity (Wildman–Crippen MR) is 272 cm³/mol. The first-order chi connectivity index (χ1) is 32.2. The van der Waals surface area contributed by atoms with Crippen LogP contribution in [0.2, 0.25) is 0 Å². The molecule has 0 saturated heterocycles. The van der Waals surface area contributed by atoms with E-state index in [1.165, 1.54) is 71.6 Å². The third-order valence-electron chi connectivity index (χ3n) is 13.7. The van der Waals surface area contributed by atoms with Crippen LogP contribution in [0.1, 0.15) is 22.3 Å². The number of nitrogens with zero attached hydrogens (tertiary/aromatic N) is 1. The Morgan fingerprint density at radius 3 is 1.68 bits per heavy atom. The maximum absolute atomic E-state index is 6.81. The van der Waals surface area contributed by atoms with Crippen LogP contribution in [0.5, 0.6) is 0 Å². The molecule has 0 fully saturated rings. The van der Waals surface area contributed by atoms with Crippen molar-refractivity contribution in [3.05, 3.63) is 271 Å². The highest BCUT2D eigenvalue weighted by molar-refractivity contribution is 6.11. The van der Waals surface area contributed by atoms with Crippen molar-refractivity contribution in [2.75, 3.05) is 4.90 Å². The lowest BCUT2D eigenvalue weighted by Gasteiger charge is -2.35. The molecule has 0 N–H and O–H groups in total. The van der Waals surface area contributed by atoms with Crippen LogP contribution in [0.4, 0.5) is 17.1 Å². The lowest BCUT2D eigenvalue weighted by Crippen LogP contribution is -2.28. The smallest absolute Gasteiger partial charge is 0.159 e. The van der Waals surface area contributed by atoms with Crippen molar-refractivity contribution >= 4 is 60.5 Å². The lowest BCUT2D eigenvalue weighted by atomic mass is 9.67. The third-order valence-corrected chi connectivity index (χ3v) is 13.7. The van der Waals surface area contributed by atoms with Crippen molar-refractivity contribution in [1.82, 2.24) is 0 Å². The van der Waals surface area contributed by atoms with Gasteiger partial charge in [0.1, 0.15) is 5.58 Å². The summed E-state index contributed by atoms with van der Waals surface area (Å²) in [5.41, 5.74) is 16.6. The fourth-order valence-electron chi connectivity index (χ4n) is 10.9. The predicted octanol–water partition coefficient (Wildman–Crippen LogP) is 17.1. The first-order valence-corrected chi connectivity index (χ1v) is 22.4. The van der Waals surface area contributed by atoms with E-state index in [-0.39, 0.29) is 0 Å². The van der Waals surface area contributed by atoms with Gasteiger partial charge in [-0.2, -0.15) is 0 Å². The second kappa shape index (κ2) is 14.8. The van der Waals surface area contributed by atoms with Crippen LogP contribution in [0.25, 0.3) is 76.9 Å². The number of benzene rings is 11. The Balaban J connectivity index is 1.02. The monoisotopic (exact) mass is 827 g/mol. The van der Waals surface area contributed by atoms with Gasteiger partial charge in [0, 0.05) is 22.1 Å². The molecule has 13 rings (SSSR count). The lowest BCUT2D eigenvalue weighted by molar-refractivity contribution is 0.669. The topological polar surface area (TPSA) is 16.4 Å². The molecule has 1 heterocycles. The van der Waals surface area contributed by atoms with Crippen LogP contribution < -0.4 is 4.90 Å². The molecule has 0 saturated carbocycles. The van der Waals surface area contributed by atoms with E-state index in [1.54, 1.807) is 0 Å². The molecule has 0 radical (unpaired) electrons. The van der Waals surface area contributed by atoms with Crippen LogP contribution >= 0.6 is 0 Å². The average Bonchev–Trinajstić information content (AvgIpc) is 3.91. The SMILES string of the molecule is c1ccc(C2(c3ccccc3)c3ccccc3-c3ccc(N(c4ccc(-c5cc(-c6cccc7ccccc67)c6ccccc6c5)cc4)c4cccc5c4oc4ccccc45)cc32)cc1. The van der Waals surface area contributed by atoms with Crippen molar-refractivity contribution < 1.29 is 4.42 Å². The van der Waals surface area contributed by atoms with Crippen LogP contribution in [0, 0.1) is 0 Å². The van der Waals surface area contributed by atoms with Crippen molar-refractivity contribution in [2.45, 2.75) is 5.41 Å². The number of anilines is 3. The molecule has 0 unspecified atom stereocenters. The summed E-state index contributed by atoms with van der Waals surface area (Å²) in [6.07, 6.45) is 0. The maximum Gasteiger partial charge on any atom is 0.159 e. The summed E-state index contributed by atoms with van der Waals surface area (Å²) in [7, 11) is 0. The molecular formula is C63H41NO. The summed E-state index contributed by atoms with van der Waals surface area (Å²) in [4.78, 5) is 2.39. The molecule has 0 bridgehead atoms. The second-order valence-corrected chi connectivity index (χ2v) is 17.2. The number of fused-ring (bicyclic) bond motifs is 8. The zero-order valence-corrected chi connectivity index (χ0v) is 35.5. The summed E-state index contributed by atoms with van der Waals surface area (Å²) in [6.45, 7) is 0. The zero-order chi connectivity index (χ0) is 42.9. The Kier molecular flexibility index (Phi) is 8.47. The van der Waals surface area contributed by atoms with Gasteiger partial charge >= 0.3 is 0 Å². The van der Waals surface area contributed by atoms with Gasteiger partial charge in [-0.3, -0.25) is 0 Å². The largest absolute Gasteiger partial charge is 0.454 e. The summed E-state index contributed by atoms with van der Waals surface area (Å²) in [5, 5.41) is 7.15. The van der Waals surface area contributed by atoms with Crippen LogP contribution in [-0.4, -0.2) is 0 Å². The zero-order valence-electron chi connectivity index (χ0n) is 35.5. The highest BCUT2D eigenvalue weighted by atomic mass is 16.3. The Bertz CT molecular complexity index is 3730. The molecule has 65 heavy (non-hydrogen) atoms. The molecule has 0 spiro atoms. The fraction of sp³-hybridized carbons (Fsp3) is 0.0159. The van der Waals surface area contributed by atoms with Crippen molar-refractivity contribution in [3.8, 4) is 33.4 Å². The highest BCUT2D eigenvalue weighted by Gasteiger charge is 2.46. The first-order valence-electron chi connectivity index (χ1n) is 22.4. The van der Waals surface area contributed by atoms with Crippen molar-refractivity contribution in [3.63, 3.8) is 0 Å². The van der Waals surface area contributed by atoms with Gasteiger partial charge in [-0.1, -0.05) is 200 Å². The normalized spacial score (nSPS) is 12.7. The van der Waals surface area contributed by atoms with Crippen molar-refractivity contribution in [1.29, 1.82) is 0 Å². The number of hydrogen-bond acceptors (Lipinski definition) is 2. The third kappa shape index (κ3) is 5.74. The summed E-state index contributed by atoms with van der Waals surface area (Å²) < 4.78 is 6.81. The van der Waals surface area contributed by atoms with E-state index in [0.29, 0.717) is 0 Å². The van der Waals surface area contributed by atoms with E-state index in [4.69, 9.17) is 4.42 Å². The van der Waals surface area contributed by atoms with E-state index < -0.39 is 5.41 Å². The molecule has 304 valence electrons. The fourth-order valence-corrected chi connectivity index (χ4v) is 10.9. The molecule has 11 aromatic carbocycles. The van der Waals surface area contributed by atoms with Gasteiger partial charge < -0.3 is 9.32 Å². The minimum Gasteiger partial charge on any atom is -0.454 e. The van der Waals surface area contributed by atoms with Gasteiger partial charge in [0.05, 0.1) is 11.1 Å². The quantitative estimate of drug-likeness (QED) is 0.159. The molecule has 0 amide bonds. The van der Waals surface area contributed by atoms with E-state index in [9.17, 15) is 0 Å². The van der Waals surface area contributed by atoms with Crippen LogP contribution in [0.3, 0.4) is 0 Å². The molecule has 1 aliphatic rings. The second-order valence-electron chi connectivity index (χ2n) is 17.2. The Morgan fingerprint density at radius 2 is 0.892 bits per heavy atom. The Labute approximate surface area is 377 Å². The van der Waals surface area contributed by atoms with Gasteiger partial charge in [-0.05, 0) is 126 Å². The molecule has 2 nitrogen and oxygen atoms in total. The molecule has 1 aromatic heterocycles. The molecular weight excluding hydrogens is 787 g/mol. The highest BCUT2D eigenvalue weighted by Crippen LogP contribution is 2.57. The molecule has 1 aliphatic carbocycles. The van der Waals surface area contributed by atoms with E-state index >= 15 is 0 Å². The van der Waals surface area contributed by atoms with Crippen molar-refractivity contribution in [2.24, 2.45) is 0 Å². The number of rotatable bonds is 7. The van der Waals surface area contributed by atoms with Crippen LogP contribution in [-0.2, 0) is 5.41 Å². The summed E-state index contributed by atoms with van der Waals surface area (Å²) >= 11 is 0. The summed E-state index contributed by atoms with van der Waals surface area (Å²) in [6, 6.07) is 90.8.